The second-order valence-electron chi connectivity index (χ2n) is 5.75. The lowest BCUT2D eigenvalue weighted by Gasteiger charge is -2.08. The number of alkyl halides is 3. The molecule has 0 saturated heterocycles. The van der Waals surface area contributed by atoms with E-state index in [1.807, 2.05) is 0 Å². The highest BCUT2D eigenvalue weighted by atomic mass is 35.5. The van der Waals surface area contributed by atoms with E-state index in [-0.39, 0.29) is 24.2 Å². The number of oxime groups is 1. The standard InChI is InChI=1S/C17H14ClF3N6O2/c1-10(25-29-8-11-2-4-12(5-3-11)17(19,20)21)13-6-7-15(22-16(13)18)28-9-14-23-26-27-24-14/h2-7H,8-9H2,1H3,(H,23,24,26,27). The van der Waals surface area contributed by atoms with Gasteiger partial charge >= 0.3 is 6.18 Å². The average molecular weight is 427 g/mol. The van der Waals surface area contributed by atoms with Gasteiger partial charge in [0.25, 0.3) is 0 Å². The quantitative estimate of drug-likeness (QED) is 0.350. The van der Waals surface area contributed by atoms with Crippen LogP contribution in [0.15, 0.2) is 41.6 Å². The fourth-order valence-electron chi connectivity index (χ4n) is 2.19. The number of ether oxygens (including phenoxy) is 1. The van der Waals surface area contributed by atoms with Gasteiger partial charge in [0.05, 0.1) is 11.3 Å². The van der Waals surface area contributed by atoms with Gasteiger partial charge in [0.2, 0.25) is 11.7 Å². The van der Waals surface area contributed by atoms with Gasteiger partial charge in [0, 0.05) is 11.6 Å². The lowest BCUT2D eigenvalue weighted by molar-refractivity contribution is -0.137. The van der Waals surface area contributed by atoms with Gasteiger partial charge in [-0.1, -0.05) is 34.1 Å². The number of aromatic nitrogens is 5. The summed E-state index contributed by atoms with van der Waals surface area (Å²) in [6.45, 7) is 1.74. The number of benzene rings is 1. The van der Waals surface area contributed by atoms with E-state index in [4.69, 9.17) is 21.2 Å². The van der Waals surface area contributed by atoms with Crippen molar-refractivity contribution in [1.29, 1.82) is 0 Å². The largest absolute Gasteiger partial charge is 0.469 e. The summed E-state index contributed by atoms with van der Waals surface area (Å²) in [5.41, 5.74) is 0.787. The van der Waals surface area contributed by atoms with Crippen molar-refractivity contribution < 1.29 is 22.7 Å². The second-order valence-corrected chi connectivity index (χ2v) is 6.11. The predicted octanol–water partition coefficient (Wildman–Crippen LogP) is 3.79. The number of H-pyrrole nitrogens is 1. The highest BCUT2D eigenvalue weighted by Crippen LogP contribution is 2.29. The minimum Gasteiger partial charge on any atom is -0.469 e. The van der Waals surface area contributed by atoms with Crippen molar-refractivity contribution in [2.75, 3.05) is 0 Å². The van der Waals surface area contributed by atoms with Gasteiger partial charge in [-0.3, -0.25) is 0 Å². The molecule has 12 heteroatoms. The Labute approximate surface area is 167 Å². The van der Waals surface area contributed by atoms with Crippen LogP contribution in [0.4, 0.5) is 13.2 Å². The fraction of sp³-hybridized carbons (Fsp3) is 0.235. The molecule has 1 aromatic carbocycles. The van der Waals surface area contributed by atoms with Crippen molar-refractivity contribution in [2.24, 2.45) is 5.16 Å². The van der Waals surface area contributed by atoms with Crippen LogP contribution in [-0.2, 0) is 24.2 Å². The molecule has 2 aromatic heterocycles. The first kappa shape index (κ1) is 20.5. The summed E-state index contributed by atoms with van der Waals surface area (Å²) in [5, 5.41) is 17.3. The van der Waals surface area contributed by atoms with Gasteiger partial charge in [0.1, 0.15) is 11.8 Å². The SMILES string of the molecule is CC(=NOCc1ccc(C(F)(F)F)cc1)c1ccc(OCc2nn[nH]n2)nc1Cl. The number of halogens is 4. The summed E-state index contributed by atoms with van der Waals surface area (Å²) in [4.78, 5) is 9.31. The Morgan fingerprint density at radius 3 is 2.52 bits per heavy atom. The maximum atomic E-state index is 12.6. The van der Waals surface area contributed by atoms with Crippen LogP contribution < -0.4 is 4.74 Å². The molecule has 0 atom stereocenters. The lowest BCUT2D eigenvalue weighted by atomic mass is 10.1. The molecule has 0 amide bonds. The zero-order chi connectivity index (χ0) is 20.9. The molecule has 0 aliphatic carbocycles. The van der Waals surface area contributed by atoms with Crippen LogP contribution in [0.3, 0.4) is 0 Å². The first-order valence-corrected chi connectivity index (χ1v) is 8.55. The third-order valence-electron chi connectivity index (χ3n) is 3.67. The molecule has 3 aromatic rings. The molecule has 0 spiro atoms. The molecule has 0 saturated carbocycles. The summed E-state index contributed by atoms with van der Waals surface area (Å²) in [6, 6.07) is 7.89. The number of rotatable bonds is 7. The van der Waals surface area contributed by atoms with Gasteiger partial charge in [-0.2, -0.15) is 18.4 Å². The van der Waals surface area contributed by atoms with Crippen LogP contribution in [-0.4, -0.2) is 31.3 Å². The third kappa shape index (κ3) is 5.64. The van der Waals surface area contributed by atoms with Crippen molar-refractivity contribution in [3.63, 3.8) is 0 Å². The Kier molecular flexibility index (Phi) is 6.27. The first-order chi connectivity index (χ1) is 13.8. The molecule has 152 valence electrons. The molecule has 0 bridgehead atoms. The smallest absolute Gasteiger partial charge is 0.416 e. The average Bonchev–Trinajstić information content (AvgIpc) is 3.19. The summed E-state index contributed by atoms with van der Waals surface area (Å²) in [7, 11) is 0. The van der Waals surface area contributed by atoms with E-state index >= 15 is 0 Å². The zero-order valence-corrected chi connectivity index (χ0v) is 15.7. The highest BCUT2D eigenvalue weighted by Gasteiger charge is 2.29. The van der Waals surface area contributed by atoms with Crippen molar-refractivity contribution in [3.8, 4) is 5.88 Å². The van der Waals surface area contributed by atoms with Crippen molar-refractivity contribution in [2.45, 2.75) is 26.3 Å². The second kappa shape index (κ2) is 8.86. The maximum absolute atomic E-state index is 12.6. The number of hydrogen-bond acceptors (Lipinski definition) is 7. The Hall–Kier alpha value is -3.21. The van der Waals surface area contributed by atoms with Crippen molar-refractivity contribution >= 4 is 17.3 Å². The first-order valence-electron chi connectivity index (χ1n) is 8.17. The molecular weight excluding hydrogens is 413 g/mol. The zero-order valence-electron chi connectivity index (χ0n) is 14.9. The van der Waals surface area contributed by atoms with E-state index in [0.717, 1.165) is 12.1 Å². The van der Waals surface area contributed by atoms with E-state index < -0.39 is 11.7 Å². The molecule has 0 aliphatic rings. The number of aromatic amines is 1. The predicted molar refractivity (Wildman–Crippen MR) is 96.2 cm³/mol. The summed E-state index contributed by atoms with van der Waals surface area (Å²) < 4.78 is 43.1. The molecule has 2 heterocycles. The number of pyridine rings is 1. The van der Waals surface area contributed by atoms with E-state index in [9.17, 15) is 13.2 Å². The monoisotopic (exact) mass is 426 g/mol. The number of nitrogens with zero attached hydrogens (tertiary/aromatic N) is 5. The van der Waals surface area contributed by atoms with E-state index in [2.05, 4.69) is 30.8 Å². The van der Waals surface area contributed by atoms with Crippen LogP contribution >= 0.6 is 11.6 Å². The lowest BCUT2D eigenvalue weighted by Crippen LogP contribution is -2.05. The fourth-order valence-corrected chi connectivity index (χ4v) is 2.48. The van der Waals surface area contributed by atoms with E-state index in [1.54, 1.807) is 19.1 Å². The summed E-state index contributed by atoms with van der Waals surface area (Å²) in [5.74, 6) is 0.628. The van der Waals surface area contributed by atoms with Gasteiger partial charge in [-0.25, -0.2) is 4.98 Å². The Balaban J connectivity index is 1.57. The molecule has 0 radical (unpaired) electrons. The molecule has 0 unspecified atom stereocenters. The van der Waals surface area contributed by atoms with Crippen LogP contribution in [0.5, 0.6) is 5.88 Å². The van der Waals surface area contributed by atoms with E-state index in [0.29, 0.717) is 22.7 Å². The molecular formula is C17H14ClF3N6O2. The molecule has 3 rings (SSSR count). The van der Waals surface area contributed by atoms with Crippen LogP contribution in [0.1, 0.15) is 29.4 Å². The minimum atomic E-state index is -4.38. The molecule has 29 heavy (non-hydrogen) atoms. The summed E-state index contributed by atoms with van der Waals surface area (Å²) >= 11 is 6.16. The Bertz CT molecular complexity index is 978. The van der Waals surface area contributed by atoms with Gasteiger partial charge in [0.15, 0.2) is 6.61 Å². The van der Waals surface area contributed by atoms with Gasteiger partial charge in [-0.05, 0) is 30.7 Å². The number of tetrazole rings is 1. The third-order valence-corrected chi connectivity index (χ3v) is 3.95. The Morgan fingerprint density at radius 1 is 1.14 bits per heavy atom. The van der Waals surface area contributed by atoms with Gasteiger partial charge < -0.3 is 9.57 Å². The van der Waals surface area contributed by atoms with Crippen LogP contribution in [0.25, 0.3) is 0 Å². The maximum Gasteiger partial charge on any atom is 0.416 e. The van der Waals surface area contributed by atoms with Crippen molar-refractivity contribution in [3.05, 3.63) is 64.1 Å². The van der Waals surface area contributed by atoms with Crippen LogP contribution in [0.2, 0.25) is 5.15 Å². The summed E-state index contributed by atoms with van der Waals surface area (Å²) in [6.07, 6.45) is -4.38. The molecule has 0 aliphatic heterocycles. The normalized spacial score (nSPS) is 12.1. The molecule has 8 nitrogen and oxygen atoms in total. The van der Waals surface area contributed by atoms with Crippen molar-refractivity contribution in [1.82, 2.24) is 25.6 Å². The molecule has 0 fully saturated rings. The number of hydrogen-bond donors (Lipinski definition) is 1. The van der Waals surface area contributed by atoms with E-state index in [1.165, 1.54) is 12.1 Å². The Morgan fingerprint density at radius 2 is 1.90 bits per heavy atom. The van der Waals surface area contributed by atoms with Crippen LogP contribution in [0, 0.1) is 0 Å². The number of nitrogens with one attached hydrogen (secondary N) is 1. The highest BCUT2D eigenvalue weighted by molar-refractivity contribution is 6.33. The minimum absolute atomic E-state index is 0.00637. The molecule has 1 N–H and O–H groups in total. The van der Waals surface area contributed by atoms with Gasteiger partial charge in [-0.15, -0.1) is 10.2 Å². The topological polar surface area (TPSA) is 98.2 Å².